The first-order valence-corrected chi connectivity index (χ1v) is 14.3. The van der Waals surface area contributed by atoms with Gasteiger partial charge < -0.3 is 19.1 Å². The van der Waals surface area contributed by atoms with Crippen molar-refractivity contribution in [2.24, 2.45) is 5.92 Å². The van der Waals surface area contributed by atoms with E-state index in [0.717, 1.165) is 61.5 Å². The third-order valence-corrected chi connectivity index (χ3v) is 9.02. The van der Waals surface area contributed by atoms with Gasteiger partial charge in [-0.25, -0.2) is 14.2 Å². The summed E-state index contributed by atoms with van der Waals surface area (Å²) in [5, 5.41) is 18.5. The number of likely N-dealkylation sites (tertiary alicyclic amines) is 1. The van der Waals surface area contributed by atoms with Crippen LogP contribution in [-0.2, 0) is 29.8 Å². The van der Waals surface area contributed by atoms with E-state index >= 15 is 0 Å². The minimum absolute atomic E-state index is 0.0197. The fourth-order valence-electron chi connectivity index (χ4n) is 6.40. The van der Waals surface area contributed by atoms with Crippen molar-refractivity contribution in [3.8, 4) is 11.8 Å². The minimum Gasteiger partial charge on any atom is -0.489 e. The Morgan fingerprint density at radius 1 is 1.24 bits per heavy atom. The van der Waals surface area contributed by atoms with Crippen molar-refractivity contribution < 1.29 is 23.8 Å². The van der Waals surface area contributed by atoms with Crippen LogP contribution in [0.3, 0.4) is 0 Å². The van der Waals surface area contributed by atoms with Crippen molar-refractivity contribution in [2.45, 2.75) is 50.5 Å². The number of halogens is 1. The summed E-state index contributed by atoms with van der Waals surface area (Å²) in [6.07, 6.45) is 4.89. The standard InChI is InChI=1S/C32H30FN5O4/c33-26-11-20(15-34)1-2-22(26)19-42-24-5-8-35-29(13-24)32-7-9-37(16-23(32)14-32)18-30-36-27-4-3-21(31(39)40)12-28(27)38(30)17-25-6-10-41-25/h1-5,8,11-13,23,25H,6-7,9-10,14,16-19H2,(H,39,40). The van der Waals surface area contributed by atoms with Crippen molar-refractivity contribution in [3.05, 3.63) is 88.8 Å². The number of carboxylic acid groups (broad SMARTS) is 1. The number of ether oxygens (including phenoxy) is 2. The normalized spacial score (nSPS) is 23.1. The largest absolute Gasteiger partial charge is 0.489 e. The molecule has 4 aromatic rings. The monoisotopic (exact) mass is 567 g/mol. The van der Waals surface area contributed by atoms with Crippen LogP contribution in [0, 0.1) is 23.1 Å². The molecule has 2 aliphatic heterocycles. The van der Waals surface area contributed by atoms with Gasteiger partial charge in [0, 0.05) is 36.4 Å². The molecule has 2 aromatic heterocycles. The second kappa shape index (κ2) is 10.5. The van der Waals surface area contributed by atoms with Gasteiger partial charge in [0.15, 0.2) is 0 Å². The summed E-state index contributed by atoms with van der Waals surface area (Å²) in [6, 6.07) is 15.2. The van der Waals surface area contributed by atoms with Crippen molar-refractivity contribution in [3.63, 3.8) is 0 Å². The van der Waals surface area contributed by atoms with E-state index in [1.807, 2.05) is 12.1 Å². The topological polar surface area (TPSA) is 114 Å². The van der Waals surface area contributed by atoms with Crippen molar-refractivity contribution in [1.82, 2.24) is 19.4 Å². The highest BCUT2D eigenvalue weighted by atomic mass is 19.1. The predicted molar refractivity (Wildman–Crippen MR) is 150 cm³/mol. The van der Waals surface area contributed by atoms with Crippen LogP contribution in [0.4, 0.5) is 4.39 Å². The van der Waals surface area contributed by atoms with E-state index in [2.05, 4.69) is 9.47 Å². The summed E-state index contributed by atoms with van der Waals surface area (Å²) in [4.78, 5) is 23.7. The van der Waals surface area contributed by atoms with Crippen molar-refractivity contribution in [2.75, 3.05) is 19.7 Å². The molecule has 1 saturated carbocycles. The number of aromatic carboxylic acids is 1. The highest BCUT2D eigenvalue weighted by Crippen LogP contribution is 2.59. The van der Waals surface area contributed by atoms with E-state index in [-0.39, 0.29) is 29.3 Å². The maximum absolute atomic E-state index is 14.3. The molecule has 3 aliphatic rings. The molecular formula is C32H30FN5O4. The van der Waals surface area contributed by atoms with Crippen LogP contribution in [0.25, 0.3) is 11.0 Å². The number of pyridine rings is 1. The molecule has 0 bridgehead atoms. The van der Waals surface area contributed by atoms with E-state index < -0.39 is 11.8 Å². The summed E-state index contributed by atoms with van der Waals surface area (Å²) >= 11 is 0. The van der Waals surface area contributed by atoms with Crippen molar-refractivity contribution in [1.29, 1.82) is 5.26 Å². The number of imidazole rings is 1. The van der Waals surface area contributed by atoms with E-state index in [9.17, 15) is 14.3 Å². The number of nitriles is 1. The molecule has 42 heavy (non-hydrogen) atoms. The van der Waals surface area contributed by atoms with Gasteiger partial charge in [0.2, 0.25) is 0 Å². The summed E-state index contributed by atoms with van der Waals surface area (Å²) in [6.45, 7) is 4.00. The zero-order valence-electron chi connectivity index (χ0n) is 23.0. The number of aromatic nitrogens is 3. The zero-order valence-corrected chi connectivity index (χ0v) is 23.0. The number of fused-ring (bicyclic) bond motifs is 2. The molecule has 1 aliphatic carbocycles. The zero-order chi connectivity index (χ0) is 28.8. The lowest BCUT2D eigenvalue weighted by atomic mass is 9.91. The fourth-order valence-corrected chi connectivity index (χ4v) is 6.40. The van der Waals surface area contributed by atoms with Crippen LogP contribution in [0.15, 0.2) is 54.7 Å². The molecule has 3 atom stereocenters. The number of nitrogens with zero attached hydrogens (tertiary/aromatic N) is 5. The van der Waals surface area contributed by atoms with Crippen LogP contribution in [-0.4, -0.2) is 56.3 Å². The molecule has 1 N–H and O–H groups in total. The molecule has 0 radical (unpaired) electrons. The average Bonchev–Trinajstić information content (AvgIpc) is 3.62. The Hall–Kier alpha value is -4.33. The van der Waals surface area contributed by atoms with Gasteiger partial charge in [-0.3, -0.25) is 9.88 Å². The first-order valence-electron chi connectivity index (χ1n) is 14.3. The number of benzene rings is 2. The van der Waals surface area contributed by atoms with Gasteiger partial charge in [-0.1, -0.05) is 6.07 Å². The van der Waals surface area contributed by atoms with Gasteiger partial charge in [0.25, 0.3) is 0 Å². The number of carbonyl (C=O) groups is 1. The highest BCUT2D eigenvalue weighted by molar-refractivity contribution is 5.92. The maximum Gasteiger partial charge on any atom is 0.335 e. The van der Waals surface area contributed by atoms with Crippen LogP contribution < -0.4 is 4.74 Å². The van der Waals surface area contributed by atoms with Gasteiger partial charge >= 0.3 is 5.97 Å². The molecule has 10 heteroatoms. The molecule has 3 fully saturated rings. The second-order valence-electron chi connectivity index (χ2n) is 11.6. The molecule has 9 nitrogen and oxygen atoms in total. The SMILES string of the molecule is N#Cc1ccc(COc2ccnc(C34CCN(Cc5nc6ccc(C(=O)O)cc6n5CC5CCO5)CC3C4)c2)c(F)c1. The quantitative estimate of drug-likeness (QED) is 0.310. The van der Waals surface area contributed by atoms with E-state index in [4.69, 9.17) is 24.7 Å². The van der Waals surface area contributed by atoms with Crippen LogP contribution in [0.1, 0.15) is 52.3 Å². The molecule has 3 unspecified atom stereocenters. The number of hydrogen-bond acceptors (Lipinski definition) is 7. The Labute approximate surface area is 242 Å². The third kappa shape index (κ3) is 4.89. The van der Waals surface area contributed by atoms with E-state index in [1.165, 1.54) is 6.07 Å². The third-order valence-electron chi connectivity index (χ3n) is 9.02. The molecule has 4 heterocycles. The summed E-state index contributed by atoms with van der Waals surface area (Å²) < 4.78 is 28.1. The molecule has 214 valence electrons. The highest BCUT2D eigenvalue weighted by Gasteiger charge is 2.58. The van der Waals surface area contributed by atoms with Crippen LogP contribution in [0.2, 0.25) is 0 Å². The Morgan fingerprint density at radius 2 is 2.12 bits per heavy atom. The maximum atomic E-state index is 14.3. The Morgan fingerprint density at radius 3 is 2.86 bits per heavy atom. The first-order chi connectivity index (χ1) is 20.4. The lowest BCUT2D eigenvalue weighted by molar-refractivity contribution is -0.0592. The summed E-state index contributed by atoms with van der Waals surface area (Å²) in [5.41, 5.74) is 3.61. The number of hydrogen-bond donors (Lipinski definition) is 1. The average molecular weight is 568 g/mol. The molecular weight excluding hydrogens is 537 g/mol. The van der Waals surface area contributed by atoms with Crippen molar-refractivity contribution >= 4 is 17.0 Å². The van der Waals surface area contributed by atoms with Gasteiger partial charge in [0.05, 0.1) is 53.1 Å². The summed E-state index contributed by atoms with van der Waals surface area (Å²) in [5.74, 6) is 0.652. The lowest BCUT2D eigenvalue weighted by Crippen LogP contribution is -2.37. The Balaban J connectivity index is 1.04. The smallest absolute Gasteiger partial charge is 0.335 e. The lowest BCUT2D eigenvalue weighted by Gasteiger charge is -2.32. The van der Waals surface area contributed by atoms with Gasteiger partial charge in [-0.15, -0.1) is 0 Å². The number of rotatable bonds is 9. The van der Waals surface area contributed by atoms with Gasteiger partial charge in [-0.05, 0) is 68.1 Å². The predicted octanol–water partition coefficient (Wildman–Crippen LogP) is 4.67. The molecule has 2 aromatic carbocycles. The van der Waals surface area contributed by atoms with E-state index in [0.29, 0.717) is 30.3 Å². The Kier molecular flexibility index (Phi) is 6.64. The molecule has 0 amide bonds. The molecule has 7 rings (SSSR count). The Bertz CT molecular complexity index is 1730. The van der Waals surface area contributed by atoms with Gasteiger partial charge in [0.1, 0.15) is 24.0 Å². The fraction of sp³-hybridized carbons (Fsp3) is 0.375. The van der Waals surface area contributed by atoms with Crippen LogP contribution >= 0.6 is 0 Å². The minimum atomic E-state index is -0.948. The molecule has 0 spiro atoms. The summed E-state index contributed by atoms with van der Waals surface area (Å²) in [7, 11) is 0. The van der Waals surface area contributed by atoms with Crippen LogP contribution in [0.5, 0.6) is 5.75 Å². The molecule has 2 saturated heterocycles. The first kappa shape index (κ1) is 26.6. The number of carboxylic acids is 1. The van der Waals surface area contributed by atoms with E-state index in [1.54, 1.807) is 42.6 Å². The van der Waals surface area contributed by atoms with Gasteiger partial charge in [-0.2, -0.15) is 5.26 Å². The number of piperidine rings is 1. The second-order valence-corrected chi connectivity index (χ2v) is 11.6.